The Balaban J connectivity index is 1.92. The fourth-order valence-corrected chi connectivity index (χ4v) is 4.75. The van der Waals surface area contributed by atoms with E-state index in [0.29, 0.717) is 29.3 Å². The molecule has 0 saturated heterocycles. The van der Waals surface area contributed by atoms with Crippen molar-refractivity contribution in [1.29, 1.82) is 5.26 Å². The Bertz CT molecular complexity index is 1080. The highest BCUT2D eigenvalue weighted by atomic mass is 32.2. The highest BCUT2D eigenvalue weighted by molar-refractivity contribution is 7.93. The lowest BCUT2D eigenvalue weighted by atomic mass is 10.2. The first-order valence-electron chi connectivity index (χ1n) is 9.09. The lowest BCUT2D eigenvalue weighted by Crippen LogP contribution is -2.32. The van der Waals surface area contributed by atoms with E-state index in [1.54, 1.807) is 38.1 Å². The summed E-state index contributed by atoms with van der Waals surface area (Å²) in [5.41, 5.74) is 0.778. The number of rotatable bonds is 8. The van der Waals surface area contributed by atoms with Crippen LogP contribution in [0.3, 0.4) is 0 Å². The molecule has 0 aliphatic carbocycles. The van der Waals surface area contributed by atoms with Gasteiger partial charge in [0.15, 0.2) is 10.7 Å². The summed E-state index contributed by atoms with van der Waals surface area (Å²) in [4.78, 5) is 0.0547. The number of nitriles is 1. The molecule has 1 aromatic heterocycles. The number of nitrogens with zero attached hydrogens (tertiary/aromatic N) is 3. The molecule has 3 rings (SSSR count). The zero-order chi connectivity index (χ0) is 20.9. The maximum Gasteiger partial charge on any atom is 0.269 e. The molecule has 1 heterocycles. The first-order chi connectivity index (χ1) is 13.9. The van der Waals surface area contributed by atoms with Crippen LogP contribution in [0.4, 0.5) is 5.69 Å². The zero-order valence-electron chi connectivity index (χ0n) is 16.2. The van der Waals surface area contributed by atoms with Gasteiger partial charge in [0.25, 0.3) is 10.0 Å². The van der Waals surface area contributed by atoms with Gasteiger partial charge in [-0.25, -0.2) is 8.42 Å². The number of aromatic nitrogens is 1. The summed E-state index contributed by atoms with van der Waals surface area (Å²) in [5.74, 6) is 1.51. The predicted octanol–water partition coefficient (Wildman–Crippen LogP) is 4.58. The second-order valence-electron chi connectivity index (χ2n) is 6.40. The van der Waals surface area contributed by atoms with Gasteiger partial charge in [0, 0.05) is 13.0 Å². The summed E-state index contributed by atoms with van der Waals surface area (Å²) in [6, 6.07) is 18.1. The summed E-state index contributed by atoms with van der Waals surface area (Å²) in [6.07, 6.45) is 0.657. The third-order valence-electron chi connectivity index (χ3n) is 4.27. The number of benzene rings is 2. The molecule has 2 aromatic carbocycles. The highest BCUT2D eigenvalue weighted by Gasteiger charge is 2.31. The SMILES string of the molecule is Cc1noc(C)c1S(=O)(=O)N(CCCC#N)c1ccc(Oc2ccccc2)cc1. The van der Waals surface area contributed by atoms with E-state index >= 15 is 0 Å². The van der Waals surface area contributed by atoms with Crippen molar-refractivity contribution in [2.45, 2.75) is 31.6 Å². The van der Waals surface area contributed by atoms with Gasteiger partial charge in [0.2, 0.25) is 0 Å². The molecule has 0 fully saturated rings. The smallest absolute Gasteiger partial charge is 0.269 e. The molecule has 0 bridgehead atoms. The number of hydrogen-bond acceptors (Lipinski definition) is 6. The molecule has 29 heavy (non-hydrogen) atoms. The molecule has 0 N–H and O–H groups in total. The van der Waals surface area contributed by atoms with Gasteiger partial charge in [-0.2, -0.15) is 5.26 Å². The van der Waals surface area contributed by atoms with Crippen LogP contribution in [0.5, 0.6) is 11.5 Å². The Hall–Kier alpha value is -3.31. The predicted molar refractivity (Wildman–Crippen MR) is 108 cm³/mol. The number of hydrogen-bond donors (Lipinski definition) is 0. The molecule has 0 aliphatic heterocycles. The van der Waals surface area contributed by atoms with Crippen molar-refractivity contribution in [1.82, 2.24) is 5.16 Å². The molecule has 0 spiro atoms. The van der Waals surface area contributed by atoms with E-state index < -0.39 is 10.0 Å². The maximum atomic E-state index is 13.3. The Kier molecular flexibility index (Phi) is 6.20. The maximum absolute atomic E-state index is 13.3. The van der Waals surface area contributed by atoms with Crippen molar-refractivity contribution in [3.05, 3.63) is 66.1 Å². The summed E-state index contributed by atoms with van der Waals surface area (Å²) in [6.45, 7) is 3.32. The number of sulfonamides is 1. The fraction of sp³-hybridized carbons (Fsp3) is 0.238. The van der Waals surface area contributed by atoms with E-state index in [-0.39, 0.29) is 23.6 Å². The number of para-hydroxylation sites is 1. The van der Waals surface area contributed by atoms with Gasteiger partial charge in [-0.1, -0.05) is 23.4 Å². The van der Waals surface area contributed by atoms with Crippen LogP contribution in [0.25, 0.3) is 0 Å². The minimum absolute atomic E-state index is 0.0547. The molecular formula is C21H21N3O4S. The van der Waals surface area contributed by atoms with Crippen molar-refractivity contribution >= 4 is 15.7 Å². The second kappa shape index (κ2) is 8.80. The minimum atomic E-state index is -3.90. The summed E-state index contributed by atoms with van der Waals surface area (Å²) < 4.78 is 38.7. The van der Waals surface area contributed by atoms with E-state index in [1.165, 1.54) is 4.31 Å². The molecule has 0 saturated carbocycles. The topological polar surface area (TPSA) is 96.4 Å². The molecule has 0 amide bonds. The lowest BCUT2D eigenvalue weighted by Gasteiger charge is -2.24. The fourth-order valence-electron chi connectivity index (χ4n) is 2.95. The van der Waals surface area contributed by atoms with Crippen molar-refractivity contribution in [2.24, 2.45) is 0 Å². The van der Waals surface area contributed by atoms with Gasteiger partial charge in [-0.05, 0) is 56.7 Å². The van der Waals surface area contributed by atoms with Gasteiger partial charge < -0.3 is 9.26 Å². The third-order valence-corrected chi connectivity index (χ3v) is 6.34. The van der Waals surface area contributed by atoms with Crippen molar-refractivity contribution < 1.29 is 17.7 Å². The second-order valence-corrected chi connectivity index (χ2v) is 8.20. The molecule has 7 nitrogen and oxygen atoms in total. The first-order valence-corrected chi connectivity index (χ1v) is 10.5. The molecule has 3 aromatic rings. The van der Waals surface area contributed by atoms with Gasteiger partial charge in [0.1, 0.15) is 17.2 Å². The highest BCUT2D eigenvalue weighted by Crippen LogP contribution is 2.30. The molecule has 0 aliphatic rings. The average molecular weight is 411 g/mol. The van der Waals surface area contributed by atoms with E-state index in [4.69, 9.17) is 14.5 Å². The Morgan fingerprint density at radius 1 is 1.07 bits per heavy atom. The van der Waals surface area contributed by atoms with Gasteiger partial charge >= 0.3 is 0 Å². The van der Waals surface area contributed by atoms with Gasteiger partial charge in [0.05, 0.1) is 11.8 Å². The average Bonchev–Trinajstić information content (AvgIpc) is 3.06. The van der Waals surface area contributed by atoms with Crippen LogP contribution in [0.2, 0.25) is 0 Å². The van der Waals surface area contributed by atoms with Gasteiger partial charge in [-0.3, -0.25) is 4.31 Å². The quantitative estimate of drug-likeness (QED) is 0.503. The van der Waals surface area contributed by atoms with Crippen LogP contribution in [0.15, 0.2) is 64.0 Å². The van der Waals surface area contributed by atoms with Crippen molar-refractivity contribution in [3.8, 4) is 17.6 Å². The van der Waals surface area contributed by atoms with Crippen LogP contribution in [-0.4, -0.2) is 20.1 Å². The Labute approximate surface area is 170 Å². The van der Waals surface area contributed by atoms with Crippen LogP contribution < -0.4 is 9.04 Å². The molecule has 0 atom stereocenters. The van der Waals surface area contributed by atoms with Crippen LogP contribution in [0, 0.1) is 25.2 Å². The monoisotopic (exact) mass is 411 g/mol. The summed E-state index contributed by atoms with van der Waals surface area (Å²) in [7, 11) is -3.90. The minimum Gasteiger partial charge on any atom is -0.457 e. The molecular weight excluding hydrogens is 390 g/mol. The number of aryl methyl sites for hydroxylation is 2. The normalized spacial score (nSPS) is 11.1. The standard InChI is InChI=1S/C21H21N3O4S/c1-16-21(17(2)28-23-16)29(25,26)24(15-7-6-14-22)18-10-12-20(13-11-18)27-19-8-4-3-5-9-19/h3-5,8-13H,6-7,15H2,1-2H3. The number of anilines is 1. The summed E-state index contributed by atoms with van der Waals surface area (Å²) >= 11 is 0. The summed E-state index contributed by atoms with van der Waals surface area (Å²) in [5, 5.41) is 12.6. The number of unbranched alkanes of at least 4 members (excludes halogenated alkanes) is 1. The van der Waals surface area contributed by atoms with E-state index in [0.717, 1.165) is 0 Å². The van der Waals surface area contributed by atoms with E-state index in [9.17, 15) is 8.42 Å². The Morgan fingerprint density at radius 3 is 2.31 bits per heavy atom. The molecule has 0 radical (unpaired) electrons. The van der Waals surface area contributed by atoms with Crippen LogP contribution in [-0.2, 0) is 10.0 Å². The van der Waals surface area contributed by atoms with Crippen LogP contribution in [0.1, 0.15) is 24.3 Å². The van der Waals surface area contributed by atoms with Crippen molar-refractivity contribution in [3.63, 3.8) is 0 Å². The van der Waals surface area contributed by atoms with Gasteiger partial charge in [-0.15, -0.1) is 0 Å². The van der Waals surface area contributed by atoms with Crippen LogP contribution >= 0.6 is 0 Å². The third kappa shape index (κ3) is 4.58. The molecule has 0 unspecified atom stereocenters. The first kappa shape index (κ1) is 20.4. The lowest BCUT2D eigenvalue weighted by molar-refractivity contribution is 0.390. The number of ether oxygens (including phenoxy) is 1. The van der Waals surface area contributed by atoms with E-state index in [2.05, 4.69) is 5.16 Å². The van der Waals surface area contributed by atoms with Crippen molar-refractivity contribution in [2.75, 3.05) is 10.8 Å². The van der Waals surface area contributed by atoms with E-state index in [1.807, 2.05) is 36.4 Å². The Morgan fingerprint density at radius 2 is 1.72 bits per heavy atom. The zero-order valence-corrected chi connectivity index (χ0v) is 17.0. The largest absolute Gasteiger partial charge is 0.457 e. The molecule has 8 heteroatoms. The molecule has 150 valence electrons.